The summed E-state index contributed by atoms with van der Waals surface area (Å²) in [4.78, 5) is 0.340. The Bertz CT molecular complexity index is 457. The number of halogens is 1. The molecule has 90 valence electrons. The largest absolute Gasteiger partial charge is 0.316 e. The van der Waals surface area contributed by atoms with Crippen molar-refractivity contribution in [2.75, 3.05) is 18.8 Å². The van der Waals surface area contributed by atoms with Crippen molar-refractivity contribution in [3.05, 3.63) is 28.8 Å². The van der Waals surface area contributed by atoms with E-state index in [0.717, 1.165) is 12.1 Å². The lowest BCUT2D eigenvalue weighted by Gasteiger charge is -2.06. The quantitative estimate of drug-likeness (QED) is 0.825. The van der Waals surface area contributed by atoms with Crippen molar-refractivity contribution in [1.82, 2.24) is 5.32 Å². The van der Waals surface area contributed by atoms with Crippen LogP contribution < -0.4 is 5.32 Å². The first-order valence-electron chi connectivity index (χ1n) is 5.17. The Morgan fingerprint density at radius 1 is 1.38 bits per heavy atom. The van der Waals surface area contributed by atoms with Gasteiger partial charge < -0.3 is 5.32 Å². The highest BCUT2D eigenvalue weighted by atomic mass is 35.5. The monoisotopic (exact) mass is 261 g/mol. The average molecular weight is 262 g/mol. The van der Waals surface area contributed by atoms with Crippen LogP contribution in [0.15, 0.2) is 23.1 Å². The van der Waals surface area contributed by atoms with Gasteiger partial charge in [0.05, 0.1) is 10.6 Å². The van der Waals surface area contributed by atoms with E-state index in [1.165, 1.54) is 0 Å². The van der Waals surface area contributed by atoms with E-state index >= 15 is 0 Å². The molecule has 0 saturated heterocycles. The first-order valence-corrected chi connectivity index (χ1v) is 7.20. The van der Waals surface area contributed by atoms with E-state index in [4.69, 9.17) is 11.6 Å². The molecule has 0 aliphatic carbocycles. The fourth-order valence-corrected chi connectivity index (χ4v) is 2.71. The number of nitrogens with one attached hydrogen (secondary N) is 1. The Labute approximate surface area is 102 Å². The molecule has 0 heterocycles. The zero-order valence-electron chi connectivity index (χ0n) is 9.46. The van der Waals surface area contributed by atoms with E-state index in [0.29, 0.717) is 16.5 Å². The van der Waals surface area contributed by atoms with Crippen LogP contribution in [-0.2, 0) is 9.84 Å². The first kappa shape index (κ1) is 13.5. The Morgan fingerprint density at radius 3 is 2.62 bits per heavy atom. The van der Waals surface area contributed by atoms with Crippen molar-refractivity contribution >= 4 is 21.4 Å². The maximum atomic E-state index is 11.9. The Balaban J connectivity index is 2.86. The summed E-state index contributed by atoms with van der Waals surface area (Å²) in [6.07, 6.45) is 0. The summed E-state index contributed by atoms with van der Waals surface area (Å²) in [6, 6.07) is 4.79. The molecule has 0 spiro atoms. The smallest absolute Gasteiger partial charge is 0.179 e. The normalized spacial score (nSPS) is 11.7. The summed E-state index contributed by atoms with van der Waals surface area (Å²) >= 11 is 5.85. The molecule has 0 aliphatic rings. The van der Waals surface area contributed by atoms with Crippen LogP contribution in [0.2, 0.25) is 5.02 Å². The third-order valence-corrected chi connectivity index (χ3v) is 4.42. The van der Waals surface area contributed by atoms with Gasteiger partial charge in [0.15, 0.2) is 9.84 Å². The summed E-state index contributed by atoms with van der Waals surface area (Å²) in [5.74, 6) is 0.113. The summed E-state index contributed by atoms with van der Waals surface area (Å²) in [6.45, 7) is 4.99. The summed E-state index contributed by atoms with van der Waals surface area (Å²) < 4.78 is 23.8. The lowest BCUT2D eigenvalue weighted by Crippen LogP contribution is -2.22. The zero-order valence-corrected chi connectivity index (χ0v) is 11.0. The molecule has 16 heavy (non-hydrogen) atoms. The zero-order chi connectivity index (χ0) is 12.2. The molecule has 0 atom stereocenters. The molecule has 0 amide bonds. The Morgan fingerprint density at radius 2 is 2.06 bits per heavy atom. The molecule has 0 fully saturated rings. The average Bonchev–Trinajstić information content (AvgIpc) is 2.22. The van der Waals surface area contributed by atoms with Crippen LogP contribution in [0.4, 0.5) is 0 Å². The minimum absolute atomic E-state index is 0.113. The second kappa shape index (κ2) is 5.66. The van der Waals surface area contributed by atoms with E-state index in [2.05, 4.69) is 5.32 Å². The number of aryl methyl sites for hydroxylation is 1. The number of sulfone groups is 1. The minimum Gasteiger partial charge on any atom is -0.316 e. The van der Waals surface area contributed by atoms with Gasteiger partial charge in [-0.05, 0) is 37.2 Å². The van der Waals surface area contributed by atoms with Gasteiger partial charge in [-0.2, -0.15) is 0 Å². The van der Waals surface area contributed by atoms with E-state index < -0.39 is 9.84 Å². The van der Waals surface area contributed by atoms with Gasteiger partial charge in [-0.3, -0.25) is 0 Å². The maximum absolute atomic E-state index is 11.9. The van der Waals surface area contributed by atoms with Gasteiger partial charge >= 0.3 is 0 Å². The molecule has 1 rings (SSSR count). The summed E-state index contributed by atoms with van der Waals surface area (Å²) in [5, 5.41) is 3.58. The SMILES string of the molecule is CCNCCS(=O)(=O)c1ccc(Cl)c(C)c1. The highest BCUT2D eigenvalue weighted by Crippen LogP contribution is 2.20. The van der Waals surface area contributed by atoms with Crippen molar-refractivity contribution in [3.63, 3.8) is 0 Å². The molecule has 3 nitrogen and oxygen atoms in total. The molecule has 1 N–H and O–H groups in total. The second-order valence-electron chi connectivity index (χ2n) is 3.58. The topological polar surface area (TPSA) is 46.2 Å². The summed E-state index contributed by atoms with van der Waals surface area (Å²) in [5.41, 5.74) is 0.784. The van der Waals surface area contributed by atoms with E-state index in [1.807, 2.05) is 6.92 Å². The van der Waals surface area contributed by atoms with Crippen LogP contribution in [0.25, 0.3) is 0 Å². The molecule has 0 bridgehead atoms. The van der Waals surface area contributed by atoms with E-state index in [-0.39, 0.29) is 5.75 Å². The predicted molar refractivity (Wildman–Crippen MR) is 66.8 cm³/mol. The maximum Gasteiger partial charge on any atom is 0.179 e. The van der Waals surface area contributed by atoms with Crippen molar-refractivity contribution in [3.8, 4) is 0 Å². The van der Waals surface area contributed by atoms with Crippen LogP contribution in [0, 0.1) is 6.92 Å². The highest BCUT2D eigenvalue weighted by molar-refractivity contribution is 7.91. The minimum atomic E-state index is -3.19. The van der Waals surface area contributed by atoms with Gasteiger partial charge in [0.25, 0.3) is 0 Å². The Kier molecular flexibility index (Phi) is 4.77. The third kappa shape index (κ3) is 3.47. The standard InChI is InChI=1S/C11H16ClNO2S/c1-3-13-6-7-16(14,15)10-4-5-11(12)9(2)8-10/h4-5,8,13H,3,6-7H2,1-2H3. The fourth-order valence-electron chi connectivity index (χ4n) is 1.31. The van der Waals surface area contributed by atoms with Crippen molar-refractivity contribution < 1.29 is 8.42 Å². The van der Waals surface area contributed by atoms with Crippen molar-refractivity contribution in [2.24, 2.45) is 0 Å². The third-order valence-electron chi connectivity index (χ3n) is 2.29. The molecule has 0 aromatic heterocycles. The van der Waals surface area contributed by atoms with E-state index in [1.54, 1.807) is 25.1 Å². The lowest BCUT2D eigenvalue weighted by atomic mass is 10.2. The fraction of sp³-hybridized carbons (Fsp3) is 0.455. The molecule has 1 aromatic rings. The number of benzene rings is 1. The molecule has 5 heteroatoms. The molecule has 0 aliphatic heterocycles. The van der Waals surface area contributed by atoms with Crippen molar-refractivity contribution in [1.29, 1.82) is 0 Å². The molecule has 0 unspecified atom stereocenters. The molecular formula is C11H16ClNO2S. The molecule has 0 saturated carbocycles. The number of hydrogen-bond acceptors (Lipinski definition) is 3. The Hall–Kier alpha value is -0.580. The van der Waals surface area contributed by atoms with E-state index in [9.17, 15) is 8.42 Å². The van der Waals surface area contributed by atoms with Crippen LogP contribution in [-0.4, -0.2) is 27.3 Å². The molecule has 1 aromatic carbocycles. The van der Waals surface area contributed by atoms with Crippen LogP contribution in [0.5, 0.6) is 0 Å². The highest BCUT2D eigenvalue weighted by Gasteiger charge is 2.14. The van der Waals surface area contributed by atoms with Crippen molar-refractivity contribution in [2.45, 2.75) is 18.7 Å². The number of hydrogen-bond donors (Lipinski definition) is 1. The van der Waals surface area contributed by atoms with Gasteiger partial charge in [-0.15, -0.1) is 0 Å². The van der Waals surface area contributed by atoms with Crippen LogP contribution in [0.3, 0.4) is 0 Å². The second-order valence-corrected chi connectivity index (χ2v) is 6.10. The predicted octanol–water partition coefficient (Wildman–Crippen LogP) is 2.03. The molecular weight excluding hydrogens is 246 g/mol. The van der Waals surface area contributed by atoms with Gasteiger partial charge in [-0.25, -0.2) is 8.42 Å². The van der Waals surface area contributed by atoms with Gasteiger partial charge in [0.1, 0.15) is 0 Å². The van der Waals surface area contributed by atoms with Gasteiger partial charge in [-0.1, -0.05) is 18.5 Å². The van der Waals surface area contributed by atoms with Gasteiger partial charge in [0, 0.05) is 11.6 Å². The first-order chi connectivity index (χ1) is 7.47. The summed E-state index contributed by atoms with van der Waals surface area (Å²) in [7, 11) is -3.19. The van der Waals surface area contributed by atoms with Gasteiger partial charge in [0.2, 0.25) is 0 Å². The number of rotatable bonds is 5. The van der Waals surface area contributed by atoms with Crippen LogP contribution >= 0.6 is 11.6 Å². The van der Waals surface area contributed by atoms with Crippen LogP contribution in [0.1, 0.15) is 12.5 Å². The lowest BCUT2D eigenvalue weighted by molar-refractivity contribution is 0.592. The molecule has 0 radical (unpaired) electrons.